The van der Waals surface area contributed by atoms with E-state index in [-0.39, 0.29) is 6.61 Å². The van der Waals surface area contributed by atoms with E-state index in [1.54, 1.807) is 32.6 Å². The Labute approximate surface area is 170 Å². The van der Waals surface area contributed by atoms with Crippen molar-refractivity contribution in [2.24, 2.45) is 5.10 Å². The third-order valence-corrected chi connectivity index (χ3v) is 3.95. The summed E-state index contributed by atoms with van der Waals surface area (Å²) in [7, 11) is 3.20. The van der Waals surface area contributed by atoms with Crippen LogP contribution in [0.4, 0.5) is 0 Å². The predicted molar refractivity (Wildman–Crippen MR) is 111 cm³/mol. The normalized spacial score (nSPS) is 10.4. The average Bonchev–Trinajstić information content (AvgIpc) is 2.70. The van der Waals surface area contributed by atoms with Gasteiger partial charge < -0.3 is 24.4 Å². The summed E-state index contributed by atoms with van der Waals surface area (Å²) in [4.78, 5) is 0. The van der Waals surface area contributed by atoms with Crippen LogP contribution in [0.1, 0.15) is 18.1 Å². The van der Waals surface area contributed by atoms with Crippen molar-refractivity contribution in [2.45, 2.75) is 13.5 Å². The summed E-state index contributed by atoms with van der Waals surface area (Å²) in [5, 5.41) is 4.64. The molecule has 148 valence electrons. The number of nitrogens with zero attached hydrogens (tertiary/aromatic N) is 1. The zero-order chi connectivity index (χ0) is 20.4. The second-order valence-electron chi connectivity index (χ2n) is 5.54. The number of ether oxygens (including phenoxy) is 4. The number of rotatable bonds is 10. The van der Waals surface area contributed by atoms with Gasteiger partial charge in [0.05, 0.1) is 38.6 Å². The molecule has 28 heavy (non-hydrogen) atoms. The second kappa shape index (κ2) is 11.0. The van der Waals surface area contributed by atoms with Crippen molar-refractivity contribution in [3.63, 3.8) is 0 Å². The van der Waals surface area contributed by atoms with E-state index in [4.69, 9.17) is 37.0 Å². The van der Waals surface area contributed by atoms with Gasteiger partial charge in [-0.05, 0) is 42.3 Å². The molecule has 7 heteroatoms. The maximum absolute atomic E-state index is 6.30. The zero-order valence-corrected chi connectivity index (χ0v) is 16.9. The third kappa shape index (κ3) is 5.73. The monoisotopic (exact) mass is 402 g/mol. The van der Waals surface area contributed by atoms with E-state index in [2.05, 4.69) is 16.4 Å². The van der Waals surface area contributed by atoms with Crippen LogP contribution in [-0.4, -0.2) is 33.6 Å². The van der Waals surface area contributed by atoms with Crippen LogP contribution < -0.4 is 24.4 Å². The van der Waals surface area contributed by atoms with Gasteiger partial charge in [-0.1, -0.05) is 23.6 Å². The van der Waals surface area contributed by atoms with E-state index in [0.717, 1.165) is 11.1 Å². The molecule has 2 rings (SSSR count). The molecule has 0 fully saturated rings. The van der Waals surface area contributed by atoms with E-state index < -0.39 is 0 Å². The Morgan fingerprint density at radius 1 is 1.11 bits per heavy atom. The maximum Gasteiger partial charge on any atom is 0.181 e. The van der Waals surface area contributed by atoms with Crippen molar-refractivity contribution in [2.75, 3.05) is 27.4 Å². The van der Waals surface area contributed by atoms with Gasteiger partial charge in [-0.15, -0.1) is 6.42 Å². The molecule has 2 aromatic rings. The van der Waals surface area contributed by atoms with Crippen molar-refractivity contribution in [3.8, 4) is 35.3 Å². The molecule has 2 aromatic carbocycles. The van der Waals surface area contributed by atoms with Crippen LogP contribution in [0.5, 0.6) is 23.0 Å². The van der Waals surface area contributed by atoms with Gasteiger partial charge in [0.15, 0.2) is 23.0 Å². The highest BCUT2D eigenvalue weighted by Crippen LogP contribution is 2.36. The number of benzene rings is 2. The van der Waals surface area contributed by atoms with Crippen molar-refractivity contribution < 1.29 is 18.9 Å². The first-order valence-electron chi connectivity index (χ1n) is 8.62. The quantitative estimate of drug-likeness (QED) is 0.371. The van der Waals surface area contributed by atoms with Crippen molar-refractivity contribution in [1.29, 1.82) is 0 Å². The minimum Gasteiger partial charge on any atom is -0.493 e. The Kier molecular flexibility index (Phi) is 8.32. The molecule has 0 saturated heterocycles. The molecule has 6 nitrogen and oxygen atoms in total. The minimum atomic E-state index is 0.111. The maximum atomic E-state index is 6.30. The van der Waals surface area contributed by atoms with Gasteiger partial charge in [-0.2, -0.15) is 5.10 Å². The van der Waals surface area contributed by atoms with Gasteiger partial charge in [0.1, 0.15) is 6.61 Å². The average molecular weight is 403 g/mol. The fourth-order valence-electron chi connectivity index (χ4n) is 2.43. The van der Waals surface area contributed by atoms with Crippen LogP contribution >= 0.6 is 11.6 Å². The first kappa shape index (κ1) is 21.3. The third-order valence-electron chi connectivity index (χ3n) is 3.67. The summed E-state index contributed by atoms with van der Waals surface area (Å²) in [6, 6.07) is 9.21. The smallest absolute Gasteiger partial charge is 0.181 e. The van der Waals surface area contributed by atoms with Crippen LogP contribution in [0, 0.1) is 12.3 Å². The van der Waals surface area contributed by atoms with Crippen molar-refractivity contribution in [3.05, 3.63) is 46.5 Å². The molecule has 0 aromatic heterocycles. The molecule has 0 heterocycles. The standard InChI is InChI=1S/C21H23ClN2O4/c1-5-9-28-21-17(22)10-16(12-20(21)27-6-2)14-24-23-13-15-7-8-18(25-3)19(11-15)26-4/h1,7-8,10-12,14,23H,6,9,13H2,2-4H3/b24-14-. The highest BCUT2D eigenvalue weighted by molar-refractivity contribution is 6.32. The molecule has 0 radical (unpaired) electrons. The summed E-state index contributed by atoms with van der Waals surface area (Å²) in [6.45, 7) is 2.98. The lowest BCUT2D eigenvalue weighted by molar-refractivity contribution is 0.299. The second-order valence-corrected chi connectivity index (χ2v) is 5.95. The van der Waals surface area contributed by atoms with E-state index >= 15 is 0 Å². The van der Waals surface area contributed by atoms with Crippen LogP contribution in [-0.2, 0) is 6.54 Å². The summed E-state index contributed by atoms with van der Waals surface area (Å²) in [6.07, 6.45) is 6.89. The molecule has 0 aliphatic heterocycles. The molecule has 0 aliphatic carbocycles. The summed E-state index contributed by atoms with van der Waals surface area (Å²) in [5.74, 6) is 4.71. The van der Waals surface area contributed by atoms with Crippen LogP contribution in [0.3, 0.4) is 0 Å². The molecule has 0 saturated carbocycles. The lowest BCUT2D eigenvalue weighted by Crippen LogP contribution is -2.06. The Hall–Kier alpha value is -3.04. The van der Waals surface area contributed by atoms with E-state index in [0.29, 0.717) is 41.2 Å². The summed E-state index contributed by atoms with van der Waals surface area (Å²) >= 11 is 6.30. The Balaban J connectivity index is 2.06. The van der Waals surface area contributed by atoms with E-state index in [1.165, 1.54) is 0 Å². The zero-order valence-electron chi connectivity index (χ0n) is 16.1. The van der Waals surface area contributed by atoms with Gasteiger partial charge in [0.2, 0.25) is 0 Å². The number of hydrogen-bond donors (Lipinski definition) is 1. The van der Waals surface area contributed by atoms with Crippen molar-refractivity contribution in [1.82, 2.24) is 5.43 Å². The molecular formula is C21H23ClN2O4. The van der Waals surface area contributed by atoms with Crippen LogP contribution in [0.2, 0.25) is 5.02 Å². The fourth-order valence-corrected chi connectivity index (χ4v) is 2.70. The van der Waals surface area contributed by atoms with Crippen LogP contribution in [0.15, 0.2) is 35.4 Å². The minimum absolute atomic E-state index is 0.111. The number of terminal acetylenes is 1. The largest absolute Gasteiger partial charge is 0.493 e. The van der Waals surface area contributed by atoms with Crippen molar-refractivity contribution >= 4 is 17.8 Å². The molecule has 0 bridgehead atoms. The SMILES string of the molecule is C#CCOc1c(Cl)cc(/C=N\NCc2ccc(OC)c(OC)c2)cc1OCC. The topological polar surface area (TPSA) is 61.3 Å². The molecule has 0 amide bonds. The Bertz CT molecular complexity index is 862. The predicted octanol–water partition coefficient (Wildman–Crippen LogP) is 3.89. The van der Waals surface area contributed by atoms with Crippen LogP contribution in [0.25, 0.3) is 0 Å². The number of hydrogen-bond acceptors (Lipinski definition) is 6. The van der Waals surface area contributed by atoms with Gasteiger partial charge in [-0.25, -0.2) is 0 Å². The highest BCUT2D eigenvalue weighted by Gasteiger charge is 2.12. The van der Waals surface area contributed by atoms with E-state index in [9.17, 15) is 0 Å². The van der Waals surface area contributed by atoms with Gasteiger partial charge in [-0.3, -0.25) is 0 Å². The Morgan fingerprint density at radius 2 is 1.89 bits per heavy atom. The lowest BCUT2D eigenvalue weighted by Gasteiger charge is -2.13. The number of halogens is 1. The highest BCUT2D eigenvalue weighted by atomic mass is 35.5. The number of nitrogens with one attached hydrogen (secondary N) is 1. The van der Waals surface area contributed by atoms with E-state index in [1.807, 2.05) is 25.1 Å². The molecule has 0 spiro atoms. The summed E-state index contributed by atoms with van der Waals surface area (Å²) < 4.78 is 21.6. The number of methoxy groups -OCH3 is 2. The molecule has 0 atom stereocenters. The lowest BCUT2D eigenvalue weighted by atomic mass is 10.2. The first-order chi connectivity index (χ1) is 13.6. The molecule has 1 N–H and O–H groups in total. The molecule has 0 unspecified atom stereocenters. The molecule has 0 aliphatic rings. The fraction of sp³-hybridized carbons (Fsp3) is 0.286. The van der Waals surface area contributed by atoms with Gasteiger partial charge in [0.25, 0.3) is 0 Å². The first-order valence-corrected chi connectivity index (χ1v) is 9.00. The number of hydrazone groups is 1. The summed E-state index contributed by atoms with van der Waals surface area (Å²) in [5.41, 5.74) is 4.76. The van der Waals surface area contributed by atoms with Gasteiger partial charge in [0, 0.05) is 0 Å². The Morgan fingerprint density at radius 3 is 2.57 bits per heavy atom. The van der Waals surface area contributed by atoms with Gasteiger partial charge >= 0.3 is 0 Å². The molecular weight excluding hydrogens is 380 g/mol.